The van der Waals surface area contributed by atoms with Gasteiger partial charge in [-0.2, -0.15) is 5.10 Å². The lowest BCUT2D eigenvalue weighted by atomic mass is 10.1. The third kappa shape index (κ3) is 3.38. The maximum Gasteiger partial charge on any atom is 0.141 e. The monoisotopic (exact) mass is 296 g/mol. The van der Waals surface area contributed by atoms with Crippen LogP contribution in [-0.2, 0) is 6.42 Å². The molecule has 2 atom stereocenters. The molecule has 0 saturated heterocycles. The minimum Gasteiger partial charge on any atom is -0.388 e. The molecule has 1 aromatic heterocycles. The van der Waals surface area contributed by atoms with E-state index in [1.165, 1.54) is 18.2 Å². The van der Waals surface area contributed by atoms with Crippen molar-refractivity contribution >= 4 is 11.6 Å². The molecule has 108 valence electrons. The van der Waals surface area contributed by atoms with Crippen molar-refractivity contribution in [2.75, 3.05) is 0 Å². The molecule has 1 N–H and O–H groups in total. The topological polar surface area (TPSA) is 38.0 Å². The molecule has 0 spiro atoms. The van der Waals surface area contributed by atoms with Crippen molar-refractivity contribution < 1.29 is 9.50 Å². The first-order valence-corrected chi connectivity index (χ1v) is 7.06. The molecular formula is C15H18ClFN2O. The summed E-state index contributed by atoms with van der Waals surface area (Å²) in [4.78, 5) is 0. The van der Waals surface area contributed by atoms with Crippen LogP contribution in [0.5, 0.6) is 0 Å². The van der Waals surface area contributed by atoms with Crippen LogP contribution in [-0.4, -0.2) is 14.9 Å². The highest BCUT2D eigenvalue weighted by Crippen LogP contribution is 2.23. The van der Waals surface area contributed by atoms with E-state index in [0.717, 1.165) is 12.1 Å². The zero-order chi connectivity index (χ0) is 14.7. The van der Waals surface area contributed by atoms with Gasteiger partial charge in [-0.15, -0.1) is 0 Å². The SMILES string of the molecule is CCC(C)n1ccc(CC(O)c2ccc(F)c(Cl)c2)n1. The lowest BCUT2D eigenvalue weighted by Crippen LogP contribution is -2.07. The second-order valence-corrected chi connectivity index (χ2v) is 5.35. The van der Waals surface area contributed by atoms with Gasteiger partial charge in [-0.1, -0.05) is 24.6 Å². The van der Waals surface area contributed by atoms with Crippen molar-refractivity contribution in [3.63, 3.8) is 0 Å². The van der Waals surface area contributed by atoms with E-state index in [9.17, 15) is 9.50 Å². The summed E-state index contributed by atoms with van der Waals surface area (Å²) < 4.78 is 15.0. The van der Waals surface area contributed by atoms with E-state index in [1.54, 1.807) is 0 Å². The van der Waals surface area contributed by atoms with Gasteiger partial charge in [-0.05, 0) is 37.1 Å². The molecule has 0 radical (unpaired) electrons. The minimum absolute atomic E-state index is 0.0201. The van der Waals surface area contributed by atoms with Crippen LogP contribution in [0.3, 0.4) is 0 Å². The Morgan fingerprint density at radius 1 is 1.40 bits per heavy atom. The predicted octanol–water partition coefficient (Wildman–Crippen LogP) is 3.92. The summed E-state index contributed by atoms with van der Waals surface area (Å²) in [5.41, 5.74) is 1.40. The van der Waals surface area contributed by atoms with Crippen LogP contribution in [0.4, 0.5) is 4.39 Å². The standard InChI is InChI=1S/C15H18ClFN2O/c1-3-10(2)19-7-6-12(18-19)9-15(20)11-4-5-14(17)13(16)8-11/h4-8,10,15,20H,3,9H2,1-2H3. The summed E-state index contributed by atoms with van der Waals surface area (Å²) in [5, 5.41) is 14.6. The molecule has 0 bridgehead atoms. The molecule has 0 amide bonds. The fraction of sp³-hybridized carbons (Fsp3) is 0.400. The number of halogens is 2. The average molecular weight is 297 g/mol. The molecule has 0 aliphatic rings. The number of aliphatic hydroxyl groups is 1. The van der Waals surface area contributed by atoms with E-state index in [1.807, 2.05) is 16.9 Å². The quantitative estimate of drug-likeness (QED) is 0.908. The average Bonchev–Trinajstić information content (AvgIpc) is 2.89. The summed E-state index contributed by atoms with van der Waals surface area (Å²) in [7, 11) is 0. The molecule has 20 heavy (non-hydrogen) atoms. The van der Waals surface area contributed by atoms with Crippen LogP contribution in [0.25, 0.3) is 0 Å². The molecule has 1 aromatic carbocycles. The van der Waals surface area contributed by atoms with Gasteiger partial charge in [0, 0.05) is 18.7 Å². The molecule has 2 aromatic rings. The number of aromatic nitrogens is 2. The van der Waals surface area contributed by atoms with Crippen molar-refractivity contribution in [2.45, 2.75) is 38.8 Å². The molecule has 1 heterocycles. The number of benzene rings is 1. The van der Waals surface area contributed by atoms with E-state index >= 15 is 0 Å². The Morgan fingerprint density at radius 2 is 2.15 bits per heavy atom. The van der Waals surface area contributed by atoms with E-state index in [-0.39, 0.29) is 5.02 Å². The Hall–Kier alpha value is -1.39. The van der Waals surface area contributed by atoms with Crippen molar-refractivity contribution in [1.29, 1.82) is 0 Å². The largest absolute Gasteiger partial charge is 0.388 e. The van der Waals surface area contributed by atoms with Crippen LogP contribution in [0.1, 0.15) is 43.7 Å². The van der Waals surface area contributed by atoms with Crippen LogP contribution in [0.2, 0.25) is 5.02 Å². The Labute approximate surface area is 123 Å². The summed E-state index contributed by atoms with van der Waals surface area (Å²) in [6, 6.07) is 6.48. The Balaban J connectivity index is 2.09. The second-order valence-electron chi connectivity index (χ2n) is 4.94. The van der Waals surface area contributed by atoms with Gasteiger partial charge >= 0.3 is 0 Å². The van der Waals surface area contributed by atoms with E-state index in [0.29, 0.717) is 18.0 Å². The van der Waals surface area contributed by atoms with Crippen molar-refractivity contribution in [2.24, 2.45) is 0 Å². The smallest absolute Gasteiger partial charge is 0.141 e. The molecule has 0 saturated carbocycles. The van der Waals surface area contributed by atoms with Crippen molar-refractivity contribution in [3.8, 4) is 0 Å². The van der Waals surface area contributed by atoms with Crippen LogP contribution in [0.15, 0.2) is 30.5 Å². The number of aliphatic hydroxyl groups excluding tert-OH is 1. The highest BCUT2D eigenvalue weighted by atomic mass is 35.5. The Morgan fingerprint density at radius 3 is 2.80 bits per heavy atom. The Bertz CT molecular complexity index is 585. The zero-order valence-corrected chi connectivity index (χ0v) is 12.3. The number of nitrogens with zero attached hydrogens (tertiary/aromatic N) is 2. The predicted molar refractivity (Wildman–Crippen MR) is 77.3 cm³/mol. The van der Waals surface area contributed by atoms with Gasteiger partial charge in [-0.3, -0.25) is 4.68 Å². The van der Waals surface area contributed by atoms with E-state index in [4.69, 9.17) is 11.6 Å². The van der Waals surface area contributed by atoms with E-state index < -0.39 is 11.9 Å². The Kier molecular flexibility index (Phi) is 4.78. The van der Waals surface area contributed by atoms with Gasteiger partial charge in [0.15, 0.2) is 0 Å². The molecule has 5 heteroatoms. The van der Waals surface area contributed by atoms with Crippen LogP contribution >= 0.6 is 11.6 Å². The summed E-state index contributed by atoms with van der Waals surface area (Å²) in [6.45, 7) is 4.19. The first-order chi connectivity index (χ1) is 9.51. The number of hydrogen-bond acceptors (Lipinski definition) is 2. The number of hydrogen-bond donors (Lipinski definition) is 1. The van der Waals surface area contributed by atoms with E-state index in [2.05, 4.69) is 18.9 Å². The van der Waals surface area contributed by atoms with Gasteiger partial charge in [0.25, 0.3) is 0 Å². The minimum atomic E-state index is -0.742. The molecule has 0 aliphatic heterocycles. The summed E-state index contributed by atoms with van der Waals surface area (Å²) in [6.07, 6.45) is 2.55. The third-order valence-electron chi connectivity index (χ3n) is 3.44. The molecule has 2 rings (SSSR count). The molecule has 0 fully saturated rings. The lowest BCUT2D eigenvalue weighted by molar-refractivity contribution is 0.176. The maximum atomic E-state index is 13.1. The zero-order valence-electron chi connectivity index (χ0n) is 11.6. The highest BCUT2D eigenvalue weighted by Gasteiger charge is 2.13. The van der Waals surface area contributed by atoms with Crippen molar-refractivity contribution in [3.05, 3.63) is 52.6 Å². The molecule has 3 nitrogen and oxygen atoms in total. The van der Waals surface area contributed by atoms with Gasteiger partial charge in [0.05, 0.1) is 16.8 Å². The van der Waals surface area contributed by atoms with Crippen LogP contribution in [0, 0.1) is 5.82 Å². The summed E-state index contributed by atoms with van der Waals surface area (Å²) in [5.74, 6) is -0.483. The second kappa shape index (κ2) is 6.37. The van der Waals surface area contributed by atoms with Gasteiger partial charge in [0.1, 0.15) is 5.82 Å². The molecule has 2 unspecified atom stereocenters. The third-order valence-corrected chi connectivity index (χ3v) is 3.73. The van der Waals surface area contributed by atoms with Crippen molar-refractivity contribution in [1.82, 2.24) is 9.78 Å². The lowest BCUT2D eigenvalue weighted by Gasteiger charge is -2.11. The first kappa shape index (κ1) is 15.0. The van der Waals surface area contributed by atoms with Gasteiger partial charge in [0.2, 0.25) is 0 Å². The maximum absolute atomic E-state index is 13.1. The fourth-order valence-electron chi connectivity index (χ4n) is 1.95. The van der Waals surface area contributed by atoms with Crippen LogP contribution < -0.4 is 0 Å². The van der Waals surface area contributed by atoms with Gasteiger partial charge < -0.3 is 5.11 Å². The first-order valence-electron chi connectivity index (χ1n) is 6.68. The van der Waals surface area contributed by atoms with Gasteiger partial charge in [-0.25, -0.2) is 4.39 Å². The molecule has 0 aliphatic carbocycles. The number of rotatable bonds is 5. The fourth-order valence-corrected chi connectivity index (χ4v) is 2.14. The normalized spacial score (nSPS) is 14.2. The summed E-state index contributed by atoms with van der Waals surface area (Å²) >= 11 is 5.72. The molecular weight excluding hydrogens is 279 g/mol. The highest BCUT2D eigenvalue weighted by molar-refractivity contribution is 6.30.